The number of benzene rings is 1. The van der Waals surface area contributed by atoms with Gasteiger partial charge in [-0.25, -0.2) is 8.42 Å². The van der Waals surface area contributed by atoms with E-state index in [0.717, 1.165) is 5.69 Å². The molecule has 6 heteroatoms. The summed E-state index contributed by atoms with van der Waals surface area (Å²) in [4.78, 5) is 1.92. The van der Waals surface area contributed by atoms with E-state index < -0.39 is 9.84 Å². The average molecular weight is 261 g/mol. The fraction of sp³-hybridized carbons (Fsp3) is 0.333. The van der Waals surface area contributed by atoms with Gasteiger partial charge in [0, 0.05) is 18.8 Å². The van der Waals surface area contributed by atoms with Gasteiger partial charge in [0.25, 0.3) is 0 Å². The van der Waals surface area contributed by atoms with Crippen LogP contribution < -0.4 is 4.90 Å². The molecule has 1 aromatic carbocycles. The molecule has 0 N–H and O–H groups in total. The predicted octanol–water partition coefficient (Wildman–Crippen LogP) is 0.665. The average Bonchev–Trinajstić information content (AvgIpc) is 2.38. The molecule has 92 valence electrons. The van der Waals surface area contributed by atoms with Gasteiger partial charge in [0.15, 0.2) is 9.84 Å². The first-order chi connectivity index (χ1) is 8.55. The molecule has 0 aliphatic carbocycles. The van der Waals surface area contributed by atoms with Crippen LogP contribution in [0.1, 0.15) is 11.1 Å². The van der Waals surface area contributed by atoms with Crippen LogP contribution in [0.5, 0.6) is 0 Å². The van der Waals surface area contributed by atoms with Crippen LogP contribution in [0.15, 0.2) is 18.2 Å². The number of nitriles is 2. The molecule has 0 atom stereocenters. The second kappa shape index (κ2) is 4.67. The van der Waals surface area contributed by atoms with E-state index in [-0.39, 0.29) is 11.5 Å². The zero-order chi connectivity index (χ0) is 13.2. The third kappa shape index (κ3) is 2.44. The third-order valence-electron chi connectivity index (χ3n) is 2.95. The lowest BCUT2D eigenvalue weighted by Gasteiger charge is -2.28. The van der Waals surface area contributed by atoms with Crippen molar-refractivity contribution in [3.8, 4) is 12.1 Å². The third-order valence-corrected chi connectivity index (χ3v) is 4.56. The van der Waals surface area contributed by atoms with Crippen LogP contribution in [-0.2, 0) is 9.84 Å². The normalized spacial score (nSPS) is 17.8. The molecule has 5 nitrogen and oxygen atoms in total. The summed E-state index contributed by atoms with van der Waals surface area (Å²) in [7, 11) is -2.91. The summed E-state index contributed by atoms with van der Waals surface area (Å²) < 4.78 is 22.7. The summed E-state index contributed by atoms with van der Waals surface area (Å²) in [5, 5.41) is 17.8. The molecule has 1 saturated heterocycles. The van der Waals surface area contributed by atoms with E-state index in [1.165, 1.54) is 0 Å². The van der Waals surface area contributed by atoms with Crippen LogP contribution in [-0.4, -0.2) is 33.0 Å². The Hall–Kier alpha value is -2.05. The van der Waals surface area contributed by atoms with Gasteiger partial charge < -0.3 is 4.90 Å². The smallest absolute Gasteiger partial charge is 0.153 e. The maximum absolute atomic E-state index is 11.3. The molecule has 1 aromatic rings. The van der Waals surface area contributed by atoms with Crippen molar-refractivity contribution in [2.75, 3.05) is 29.5 Å². The number of anilines is 1. The van der Waals surface area contributed by atoms with Crippen LogP contribution in [0.2, 0.25) is 0 Å². The predicted molar refractivity (Wildman–Crippen MR) is 66.7 cm³/mol. The lowest BCUT2D eigenvalue weighted by atomic mass is 10.1. The second-order valence-corrected chi connectivity index (χ2v) is 6.40. The molecule has 0 unspecified atom stereocenters. The van der Waals surface area contributed by atoms with Crippen LogP contribution >= 0.6 is 0 Å². The van der Waals surface area contributed by atoms with E-state index in [0.29, 0.717) is 24.2 Å². The highest BCUT2D eigenvalue weighted by molar-refractivity contribution is 7.91. The molecule has 0 aromatic heterocycles. The summed E-state index contributed by atoms with van der Waals surface area (Å²) in [5.41, 5.74) is 1.45. The van der Waals surface area contributed by atoms with Crippen molar-refractivity contribution in [2.45, 2.75) is 0 Å². The van der Waals surface area contributed by atoms with Gasteiger partial charge in [0.2, 0.25) is 0 Å². The van der Waals surface area contributed by atoms with Crippen molar-refractivity contribution in [2.24, 2.45) is 0 Å². The van der Waals surface area contributed by atoms with Crippen molar-refractivity contribution in [1.82, 2.24) is 0 Å². The van der Waals surface area contributed by atoms with Gasteiger partial charge in [-0.2, -0.15) is 10.5 Å². The summed E-state index contributed by atoms with van der Waals surface area (Å²) >= 11 is 0. The molecule has 1 heterocycles. The molecular weight excluding hydrogens is 250 g/mol. The maximum atomic E-state index is 11.3. The largest absolute Gasteiger partial charge is 0.369 e. The first-order valence-corrected chi connectivity index (χ1v) is 7.27. The summed E-state index contributed by atoms with van der Waals surface area (Å²) in [6.45, 7) is 0.859. The van der Waals surface area contributed by atoms with Gasteiger partial charge in [0.1, 0.15) is 12.1 Å². The zero-order valence-electron chi connectivity index (χ0n) is 9.63. The standard InChI is InChI=1S/C12H11N3O2S/c13-8-10-1-2-12(7-11(10)9-14)15-3-5-18(16,17)6-4-15/h1-2,7H,3-6H2. The van der Waals surface area contributed by atoms with Crippen molar-refractivity contribution >= 4 is 15.5 Å². The molecule has 1 aliphatic heterocycles. The lowest BCUT2D eigenvalue weighted by Crippen LogP contribution is -2.40. The van der Waals surface area contributed by atoms with Crippen LogP contribution in [0.3, 0.4) is 0 Å². The van der Waals surface area contributed by atoms with E-state index >= 15 is 0 Å². The van der Waals surface area contributed by atoms with Crippen molar-refractivity contribution in [3.63, 3.8) is 0 Å². The first-order valence-electron chi connectivity index (χ1n) is 5.45. The van der Waals surface area contributed by atoms with Crippen molar-refractivity contribution < 1.29 is 8.42 Å². The summed E-state index contributed by atoms with van der Waals surface area (Å²) in [6.07, 6.45) is 0. The Morgan fingerprint density at radius 3 is 2.22 bits per heavy atom. The molecule has 1 fully saturated rings. The fourth-order valence-corrected chi connectivity index (χ4v) is 3.09. The molecule has 0 amide bonds. The lowest BCUT2D eigenvalue weighted by molar-refractivity contribution is 0.587. The van der Waals surface area contributed by atoms with Crippen LogP contribution in [0.25, 0.3) is 0 Å². The first kappa shape index (κ1) is 12.4. The molecule has 1 aliphatic rings. The summed E-state index contributed by atoms with van der Waals surface area (Å²) in [6, 6.07) is 8.90. The Morgan fingerprint density at radius 2 is 1.67 bits per heavy atom. The number of nitrogens with zero attached hydrogens (tertiary/aromatic N) is 3. The quantitative estimate of drug-likeness (QED) is 0.741. The minimum atomic E-state index is -2.91. The molecule has 0 spiro atoms. The van der Waals surface area contributed by atoms with Gasteiger partial charge >= 0.3 is 0 Å². The van der Waals surface area contributed by atoms with E-state index in [2.05, 4.69) is 0 Å². The Morgan fingerprint density at radius 1 is 1.06 bits per heavy atom. The van der Waals surface area contributed by atoms with Crippen LogP contribution in [0, 0.1) is 22.7 Å². The SMILES string of the molecule is N#Cc1ccc(N2CCS(=O)(=O)CC2)cc1C#N. The minimum Gasteiger partial charge on any atom is -0.369 e. The van der Waals surface area contributed by atoms with Crippen molar-refractivity contribution in [1.29, 1.82) is 10.5 Å². The molecular formula is C12H11N3O2S. The molecule has 2 rings (SSSR count). The van der Waals surface area contributed by atoms with E-state index in [9.17, 15) is 8.42 Å². The minimum absolute atomic E-state index is 0.134. The Kier molecular flexibility index (Phi) is 3.22. The number of hydrogen-bond donors (Lipinski definition) is 0. The van der Waals surface area contributed by atoms with Gasteiger partial charge in [0.05, 0.1) is 22.6 Å². The topological polar surface area (TPSA) is 85.0 Å². The van der Waals surface area contributed by atoms with Crippen molar-refractivity contribution in [3.05, 3.63) is 29.3 Å². The molecule has 0 radical (unpaired) electrons. The highest BCUT2D eigenvalue weighted by atomic mass is 32.2. The second-order valence-electron chi connectivity index (χ2n) is 4.09. The highest BCUT2D eigenvalue weighted by Gasteiger charge is 2.22. The highest BCUT2D eigenvalue weighted by Crippen LogP contribution is 2.20. The Balaban J connectivity index is 2.26. The number of hydrogen-bond acceptors (Lipinski definition) is 5. The Bertz CT molecular complexity index is 639. The monoisotopic (exact) mass is 261 g/mol. The fourth-order valence-electron chi connectivity index (χ4n) is 1.89. The summed E-state index contributed by atoms with van der Waals surface area (Å²) in [5.74, 6) is 0.268. The van der Waals surface area contributed by atoms with Crippen LogP contribution in [0.4, 0.5) is 5.69 Å². The molecule has 0 bridgehead atoms. The number of rotatable bonds is 1. The van der Waals surface area contributed by atoms with E-state index in [1.807, 2.05) is 17.0 Å². The van der Waals surface area contributed by atoms with Gasteiger partial charge in [-0.1, -0.05) is 0 Å². The van der Waals surface area contributed by atoms with Gasteiger partial charge in [-0.3, -0.25) is 0 Å². The van der Waals surface area contributed by atoms with Gasteiger partial charge in [-0.15, -0.1) is 0 Å². The van der Waals surface area contributed by atoms with E-state index in [4.69, 9.17) is 10.5 Å². The van der Waals surface area contributed by atoms with Gasteiger partial charge in [-0.05, 0) is 18.2 Å². The molecule has 18 heavy (non-hydrogen) atoms. The molecule has 0 saturated carbocycles. The van der Waals surface area contributed by atoms with E-state index in [1.54, 1.807) is 18.2 Å². The maximum Gasteiger partial charge on any atom is 0.153 e. The number of sulfone groups is 1. The zero-order valence-corrected chi connectivity index (χ0v) is 10.4. The Labute approximate surface area is 106 Å².